The normalized spacial score (nSPS) is 10.3. The van der Waals surface area contributed by atoms with E-state index in [0.29, 0.717) is 22.1 Å². The lowest BCUT2D eigenvalue weighted by molar-refractivity contribution is 0.0686. The SMILES string of the molecule is COc1cc(Cl)c(OC)c(-c2cc(C(=O)O)no2)c1. The van der Waals surface area contributed by atoms with E-state index in [1.54, 1.807) is 12.1 Å². The minimum atomic E-state index is -1.18. The number of ether oxygens (including phenoxy) is 2. The zero-order chi connectivity index (χ0) is 14.0. The first-order chi connectivity index (χ1) is 9.06. The highest BCUT2D eigenvalue weighted by Gasteiger charge is 2.18. The van der Waals surface area contributed by atoms with Gasteiger partial charge in [0.15, 0.2) is 11.5 Å². The quantitative estimate of drug-likeness (QED) is 0.929. The largest absolute Gasteiger partial charge is 0.497 e. The first-order valence-electron chi connectivity index (χ1n) is 5.18. The van der Waals surface area contributed by atoms with Crippen molar-refractivity contribution in [1.29, 1.82) is 0 Å². The number of benzene rings is 1. The smallest absolute Gasteiger partial charge is 0.358 e. The molecule has 0 saturated carbocycles. The Kier molecular flexibility index (Phi) is 3.62. The Morgan fingerprint density at radius 3 is 2.58 bits per heavy atom. The van der Waals surface area contributed by atoms with Crippen LogP contribution in [0.5, 0.6) is 11.5 Å². The van der Waals surface area contributed by atoms with Gasteiger partial charge in [0.1, 0.15) is 11.5 Å². The van der Waals surface area contributed by atoms with E-state index < -0.39 is 5.97 Å². The molecule has 0 unspecified atom stereocenters. The number of rotatable bonds is 4. The van der Waals surface area contributed by atoms with Crippen LogP contribution in [0.3, 0.4) is 0 Å². The highest BCUT2D eigenvalue weighted by molar-refractivity contribution is 6.32. The van der Waals surface area contributed by atoms with Gasteiger partial charge in [0.2, 0.25) is 0 Å². The van der Waals surface area contributed by atoms with E-state index in [1.807, 2.05) is 0 Å². The Balaban J connectivity index is 2.58. The van der Waals surface area contributed by atoms with Gasteiger partial charge in [-0.05, 0) is 6.07 Å². The summed E-state index contributed by atoms with van der Waals surface area (Å²) in [6.07, 6.45) is 0. The van der Waals surface area contributed by atoms with Crippen LogP contribution >= 0.6 is 11.6 Å². The molecule has 0 aliphatic rings. The Morgan fingerprint density at radius 1 is 1.32 bits per heavy atom. The monoisotopic (exact) mass is 283 g/mol. The number of hydrogen-bond acceptors (Lipinski definition) is 5. The van der Waals surface area contributed by atoms with Crippen LogP contribution in [0.2, 0.25) is 5.02 Å². The second-order valence-electron chi connectivity index (χ2n) is 3.57. The number of aromatic nitrogens is 1. The van der Waals surface area contributed by atoms with E-state index >= 15 is 0 Å². The Bertz CT molecular complexity index is 623. The van der Waals surface area contributed by atoms with Gasteiger partial charge in [-0.2, -0.15) is 0 Å². The van der Waals surface area contributed by atoms with E-state index in [1.165, 1.54) is 20.3 Å². The maximum Gasteiger partial charge on any atom is 0.358 e. The fourth-order valence-corrected chi connectivity index (χ4v) is 1.87. The molecule has 19 heavy (non-hydrogen) atoms. The van der Waals surface area contributed by atoms with Crippen molar-refractivity contribution < 1.29 is 23.9 Å². The third-order valence-electron chi connectivity index (χ3n) is 2.45. The second-order valence-corrected chi connectivity index (χ2v) is 3.98. The minimum absolute atomic E-state index is 0.198. The summed E-state index contributed by atoms with van der Waals surface area (Å²) in [7, 11) is 2.94. The summed E-state index contributed by atoms with van der Waals surface area (Å²) >= 11 is 6.05. The number of carboxylic acid groups (broad SMARTS) is 1. The molecule has 6 nitrogen and oxygen atoms in total. The van der Waals surface area contributed by atoms with Crippen molar-refractivity contribution >= 4 is 17.6 Å². The van der Waals surface area contributed by atoms with Crippen molar-refractivity contribution in [3.63, 3.8) is 0 Å². The fourth-order valence-electron chi connectivity index (χ4n) is 1.58. The summed E-state index contributed by atoms with van der Waals surface area (Å²) in [5, 5.41) is 12.6. The lowest BCUT2D eigenvalue weighted by atomic mass is 10.1. The number of hydrogen-bond donors (Lipinski definition) is 1. The van der Waals surface area contributed by atoms with Gasteiger partial charge in [-0.1, -0.05) is 16.8 Å². The maximum absolute atomic E-state index is 10.8. The molecule has 0 spiro atoms. The van der Waals surface area contributed by atoms with E-state index in [4.69, 9.17) is 30.7 Å². The molecular formula is C12H10ClNO5. The summed E-state index contributed by atoms with van der Waals surface area (Å²) < 4.78 is 15.3. The van der Waals surface area contributed by atoms with Gasteiger partial charge in [0, 0.05) is 12.1 Å². The van der Waals surface area contributed by atoms with Crippen LogP contribution in [0.25, 0.3) is 11.3 Å². The van der Waals surface area contributed by atoms with Gasteiger partial charge >= 0.3 is 5.97 Å². The van der Waals surface area contributed by atoms with Crippen LogP contribution in [0.1, 0.15) is 10.5 Å². The Hall–Kier alpha value is -2.21. The van der Waals surface area contributed by atoms with Gasteiger partial charge in [-0.25, -0.2) is 4.79 Å². The topological polar surface area (TPSA) is 81.8 Å². The zero-order valence-electron chi connectivity index (χ0n) is 10.1. The maximum atomic E-state index is 10.8. The van der Waals surface area contributed by atoms with Crippen LogP contribution in [0.15, 0.2) is 22.7 Å². The number of methoxy groups -OCH3 is 2. The molecule has 1 N–H and O–H groups in total. The molecule has 0 aliphatic carbocycles. The average molecular weight is 284 g/mol. The number of nitrogens with zero attached hydrogens (tertiary/aromatic N) is 1. The van der Waals surface area contributed by atoms with Crippen LogP contribution in [0, 0.1) is 0 Å². The van der Waals surface area contributed by atoms with E-state index in [9.17, 15) is 4.79 Å². The van der Waals surface area contributed by atoms with E-state index in [2.05, 4.69) is 5.16 Å². The lowest BCUT2D eigenvalue weighted by Gasteiger charge is -2.10. The van der Waals surface area contributed by atoms with E-state index in [-0.39, 0.29) is 11.5 Å². The van der Waals surface area contributed by atoms with Gasteiger partial charge in [-0.15, -0.1) is 0 Å². The van der Waals surface area contributed by atoms with Crippen LogP contribution in [-0.4, -0.2) is 30.5 Å². The van der Waals surface area contributed by atoms with Crippen LogP contribution in [0.4, 0.5) is 0 Å². The van der Waals surface area contributed by atoms with Gasteiger partial charge < -0.3 is 19.1 Å². The summed E-state index contributed by atoms with van der Waals surface area (Å²) in [5.41, 5.74) is 0.267. The summed E-state index contributed by atoms with van der Waals surface area (Å²) in [4.78, 5) is 10.8. The van der Waals surface area contributed by atoms with Gasteiger partial charge in [-0.3, -0.25) is 0 Å². The predicted molar refractivity (Wildman–Crippen MR) is 67.0 cm³/mol. The molecule has 0 atom stereocenters. The van der Waals surface area contributed by atoms with Crippen molar-refractivity contribution in [1.82, 2.24) is 5.16 Å². The predicted octanol–water partition coefficient (Wildman–Crippen LogP) is 2.71. The third kappa shape index (κ3) is 2.48. The first-order valence-corrected chi connectivity index (χ1v) is 5.56. The summed E-state index contributed by atoms with van der Waals surface area (Å²) in [6.45, 7) is 0. The third-order valence-corrected chi connectivity index (χ3v) is 2.73. The highest BCUT2D eigenvalue weighted by atomic mass is 35.5. The molecule has 1 aromatic carbocycles. The molecule has 7 heteroatoms. The highest BCUT2D eigenvalue weighted by Crippen LogP contribution is 2.39. The van der Waals surface area contributed by atoms with Crippen LogP contribution in [-0.2, 0) is 0 Å². The van der Waals surface area contributed by atoms with E-state index in [0.717, 1.165) is 0 Å². The summed E-state index contributed by atoms with van der Waals surface area (Å²) in [5.74, 6) is -0.0948. The minimum Gasteiger partial charge on any atom is -0.497 e. The second kappa shape index (κ2) is 5.19. The first kappa shape index (κ1) is 13.2. The molecule has 100 valence electrons. The standard InChI is InChI=1S/C12H10ClNO5/c1-17-6-3-7(11(18-2)8(13)4-6)10-5-9(12(15)16)14-19-10/h3-5H,1-2H3,(H,15,16). The Labute approximate surface area is 113 Å². The molecule has 1 aromatic heterocycles. The number of carboxylic acids is 1. The molecule has 0 fully saturated rings. The molecule has 0 saturated heterocycles. The molecular weight excluding hydrogens is 274 g/mol. The van der Waals surface area contributed by atoms with Gasteiger partial charge in [0.25, 0.3) is 0 Å². The average Bonchev–Trinajstić information content (AvgIpc) is 2.87. The van der Waals surface area contributed by atoms with Crippen molar-refractivity contribution in [2.75, 3.05) is 14.2 Å². The number of aromatic carboxylic acids is 1. The molecule has 2 rings (SSSR count). The van der Waals surface area contributed by atoms with Crippen molar-refractivity contribution in [3.8, 4) is 22.8 Å². The molecule has 0 bridgehead atoms. The van der Waals surface area contributed by atoms with Gasteiger partial charge in [0.05, 0.1) is 24.8 Å². The fraction of sp³-hybridized carbons (Fsp3) is 0.167. The van der Waals surface area contributed by atoms with Crippen molar-refractivity contribution in [2.45, 2.75) is 0 Å². The summed E-state index contributed by atoms with van der Waals surface area (Å²) in [6, 6.07) is 4.49. The Morgan fingerprint density at radius 2 is 2.05 bits per heavy atom. The molecule has 0 aliphatic heterocycles. The number of halogens is 1. The lowest BCUT2D eigenvalue weighted by Crippen LogP contribution is -1.94. The number of carbonyl (C=O) groups is 1. The van der Waals surface area contributed by atoms with Crippen LogP contribution < -0.4 is 9.47 Å². The molecule has 0 radical (unpaired) electrons. The zero-order valence-corrected chi connectivity index (χ0v) is 10.9. The molecule has 0 amide bonds. The van der Waals surface area contributed by atoms with Crippen molar-refractivity contribution in [2.24, 2.45) is 0 Å². The van der Waals surface area contributed by atoms with Crippen molar-refractivity contribution in [3.05, 3.63) is 28.9 Å². The molecule has 1 heterocycles. The molecule has 2 aromatic rings.